The monoisotopic (exact) mass is 416 g/mol. The van der Waals surface area contributed by atoms with Crippen LogP contribution in [0.5, 0.6) is 0 Å². The van der Waals surface area contributed by atoms with Crippen molar-refractivity contribution in [2.45, 2.75) is 19.8 Å². The van der Waals surface area contributed by atoms with E-state index >= 15 is 0 Å². The van der Waals surface area contributed by atoms with Crippen LogP contribution in [0.4, 0.5) is 15.9 Å². The SMILES string of the molecule is Cc1ccncc1-c1cc2cc(NC(=O)[C@@H]3[C@H](C)[C@H]3c3cnc[nH]3)ncc2c(N)c1F. The van der Waals surface area contributed by atoms with Crippen LogP contribution in [-0.4, -0.2) is 25.8 Å². The Bertz CT molecular complexity index is 1300. The molecule has 0 spiro atoms. The second-order valence-electron chi connectivity index (χ2n) is 8.04. The molecule has 1 aliphatic carbocycles. The van der Waals surface area contributed by atoms with E-state index in [1.165, 1.54) is 6.20 Å². The number of anilines is 2. The van der Waals surface area contributed by atoms with Gasteiger partial charge in [0, 0.05) is 52.9 Å². The Hall–Kier alpha value is -3.81. The molecule has 5 rings (SSSR count). The summed E-state index contributed by atoms with van der Waals surface area (Å²) in [6.07, 6.45) is 8.14. The lowest BCUT2D eigenvalue weighted by Gasteiger charge is -2.12. The third kappa shape index (κ3) is 3.20. The average Bonchev–Trinajstić information content (AvgIpc) is 3.16. The van der Waals surface area contributed by atoms with E-state index in [4.69, 9.17) is 5.73 Å². The Morgan fingerprint density at radius 3 is 2.77 bits per heavy atom. The molecule has 156 valence electrons. The molecule has 1 saturated carbocycles. The molecule has 0 aliphatic heterocycles. The minimum absolute atomic E-state index is 0.0243. The number of nitrogens with one attached hydrogen (secondary N) is 2. The first-order chi connectivity index (χ1) is 15.0. The van der Waals surface area contributed by atoms with E-state index in [2.05, 4.69) is 25.3 Å². The normalized spacial score (nSPS) is 20.0. The first-order valence-corrected chi connectivity index (χ1v) is 10.0. The van der Waals surface area contributed by atoms with Crippen LogP contribution in [0.2, 0.25) is 0 Å². The maximum Gasteiger partial charge on any atom is 0.229 e. The van der Waals surface area contributed by atoms with Gasteiger partial charge in [0.2, 0.25) is 5.91 Å². The van der Waals surface area contributed by atoms with Gasteiger partial charge in [0.25, 0.3) is 0 Å². The number of imidazole rings is 1. The van der Waals surface area contributed by atoms with Crippen LogP contribution in [0.1, 0.15) is 24.1 Å². The number of H-pyrrole nitrogens is 1. The molecule has 1 fully saturated rings. The van der Waals surface area contributed by atoms with E-state index < -0.39 is 5.82 Å². The zero-order valence-corrected chi connectivity index (χ0v) is 17.1. The van der Waals surface area contributed by atoms with Crippen molar-refractivity contribution in [2.24, 2.45) is 11.8 Å². The first-order valence-electron chi connectivity index (χ1n) is 10.0. The number of nitrogens with two attached hydrogens (primary N) is 1. The lowest BCUT2D eigenvalue weighted by atomic mass is 9.98. The van der Waals surface area contributed by atoms with Gasteiger partial charge in [-0.2, -0.15) is 0 Å². The van der Waals surface area contributed by atoms with Gasteiger partial charge in [0.1, 0.15) is 5.82 Å². The molecule has 1 amide bonds. The molecule has 1 aromatic carbocycles. The summed E-state index contributed by atoms with van der Waals surface area (Å²) < 4.78 is 15.0. The molecule has 0 unspecified atom stereocenters. The van der Waals surface area contributed by atoms with Gasteiger partial charge < -0.3 is 16.0 Å². The zero-order valence-electron chi connectivity index (χ0n) is 17.1. The molecule has 3 aromatic heterocycles. The summed E-state index contributed by atoms with van der Waals surface area (Å²) in [5, 5.41) is 4.08. The number of aromatic amines is 1. The number of nitrogens with zero attached hydrogens (tertiary/aromatic N) is 3. The van der Waals surface area contributed by atoms with Crippen molar-refractivity contribution >= 4 is 28.2 Å². The molecule has 7 nitrogen and oxygen atoms in total. The van der Waals surface area contributed by atoms with Crippen LogP contribution in [-0.2, 0) is 4.79 Å². The van der Waals surface area contributed by atoms with Crippen molar-refractivity contribution in [1.29, 1.82) is 0 Å². The topological polar surface area (TPSA) is 110 Å². The van der Waals surface area contributed by atoms with E-state index in [-0.39, 0.29) is 29.3 Å². The first kappa shape index (κ1) is 19.2. The molecule has 4 N–H and O–H groups in total. The Balaban J connectivity index is 1.47. The number of halogens is 1. The number of fused-ring (bicyclic) bond motifs is 1. The van der Waals surface area contributed by atoms with Crippen molar-refractivity contribution < 1.29 is 9.18 Å². The molecule has 4 aromatic rings. The number of hydrogen-bond acceptors (Lipinski definition) is 5. The molecule has 1 aliphatic rings. The number of carbonyl (C=O) groups excluding carboxylic acids is 1. The molecular weight excluding hydrogens is 395 g/mol. The van der Waals surface area contributed by atoms with Crippen LogP contribution >= 0.6 is 0 Å². The fraction of sp³-hybridized carbons (Fsp3) is 0.217. The van der Waals surface area contributed by atoms with Gasteiger partial charge in [0.05, 0.1) is 17.9 Å². The van der Waals surface area contributed by atoms with Crippen molar-refractivity contribution in [3.8, 4) is 11.1 Å². The Labute approximate surface area is 177 Å². The van der Waals surface area contributed by atoms with Gasteiger partial charge in [-0.3, -0.25) is 9.78 Å². The van der Waals surface area contributed by atoms with Crippen molar-refractivity contribution in [3.05, 3.63) is 66.4 Å². The van der Waals surface area contributed by atoms with Crippen molar-refractivity contribution in [3.63, 3.8) is 0 Å². The summed E-state index contributed by atoms with van der Waals surface area (Å²) >= 11 is 0. The number of carbonyl (C=O) groups is 1. The maximum absolute atomic E-state index is 15.0. The number of hydrogen-bond donors (Lipinski definition) is 3. The quantitative estimate of drug-likeness (QED) is 0.435. The Morgan fingerprint density at radius 2 is 2.03 bits per heavy atom. The van der Waals surface area contributed by atoms with E-state index in [0.717, 1.165) is 11.3 Å². The van der Waals surface area contributed by atoms with Gasteiger partial charge in [-0.05, 0) is 42.0 Å². The largest absolute Gasteiger partial charge is 0.396 e. The number of amides is 1. The predicted octanol–water partition coefficient (Wildman–Crippen LogP) is 4.04. The molecule has 8 heteroatoms. The fourth-order valence-electron chi connectivity index (χ4n) is 4.31. The minimum Gasteiger partial charge on any atom is -0.396 e. The molecular formula is C23H21FN6O. The van der Waals surface area contributed by atoms with Gasteiger partial charge in [-0.1, -0.05) is 6.92 Å². The Morgan fingerprint density at radius 1 is 1.19 bits per heavy atom. The van der Waals surface area contributed by atoms with Crippen molar-refractivity contribution in [2.75, 3.05) is 11.1 Å². The van der Waals surface area contributed by atoms with Crippen LogP contribution in [0, 0.1) is 24.6 Å². The molecule has 31 heavy (non-hydrogen) atoms. The van der Waals surface area contributed by atoms with Gasteiger partial charge in [0.15, 0.2) is 5.82 Å². The third-order valence-corrected chi connectivity index (χ3v) is 6.14. The standard InChI is InChI=1S/C23H21FN6O/c1-11-3-4-26-7-15(11)14-5-13-6-18(28-8-16(13)22(25)21(14)24)30-23(31)20-12(2)19(20)17-9-27-10-29-17/h3-10,12,19-20H,25H2,1-2H3,(H,27,29)(H,28,30,31)/t12-,19+,20-/m1/s1. The highest BCUT2D eigenvalue weighted by molar-refractivity contribution is 6.00. The minimum atomic E-state index is -0.503. The summed E-state index contributed by atoms with van der Waals surface area (Å²) in [6.45, 7) is 3.93. The van der Waals surface area contributed by atoms with Gasteiger partial charge in [-0.15, -0.1) is 0 Å². The lowest BCUT2D eigenvalue weighted by molar-refractivity contribution is -0.117. The lowest BCUT2D eigenvalue weighted by Crippen LogP contribution is -2.16. The average molecular weight is 416 g/mol. The highest BCUT2D eigenvalue weighted by Gasteiger charge is 2.53. The number of rotatable bonds is 4. The van der Waals surface area contributed by atoms with Crippen LogP contribution < -0.4 is 11.1 Å². The summed E-state index contributed by atoms with van der Waals surface area (Å²) in [5.74, 6) is -0.0166. The molecule has 0 bridgehead atoms. The number of aryl methyl sites for hydroxylation is 1. The van der Waals surface area contributed by atoms with Crippen LogP contribution in [0.25, 0.3) is 21.9 Å². The maximum atomic E-state index is 15.0. The summed E-state index contributed by atoms with van der Waals surface area (Å²) in [4.78, 5) is 28.3. The van der Waals surface area contributed by atoms with Gasteiger partial charge >= 0.3 is 0 Å². The number of pyridine rings is 2. The number of nitrogen functional groups attached to an aromatic ring is 1. The van der Waals surface area contributed by atoms with E-state index in [1.54, 1.807) is 37.1 Å². The summed E-state index contributed by atoms with van der Waals surface area (Å²) in [6, 6.07) is 5.26. The number of aromatic nitrogens is 4. The smallest absolute Gasteiger partial charge is 0.229 e. The highest BCUT2D eigenvalue weighted by Crippen LogP contribution is 2.53. The molecule has 0 radical (unpaired) electrons. The number of benzene rings is 1. The van der Waals surface area contributed by atoms with Crippen molar-refractivity contribution in [1.82, 2.24) is 19.9 Å². The van der Waals surface area contributed by atoms with E-state index in [9.17, 15) is 9.18 Å². The summed E-state index contributed by atoms with van der Waals surface area (Å²) in [7, 11) is 0. The molecule has 3 atom stereocenters. The fourth-order valence-corrected chi connectivity index (χ4v) is 4.31. The Kier molecular flexibility index (Phi) is 4.43. The molecule has 3 heterocycles. The van der Waals surface area contributed by atoms with E-state index in [0.29, 0.717) is 27.7 Å². The van der Waals surface area contributed by atoms with Gasteiger partial charge in [-0.25, -0.2) is 14.4 Å². The van der Waals surface area contributed by atoms with E-state index in [1.807, 2.05) is 19.9 Å². The second kappa shape index (κ2) is 7.16. The summed E-state index contributed by atoms with van der Waals surface area (Å²) in [5.41, 5.74) is 8.99. The highest BCUT2D eigenvalue weighted by atomic mass is 19.1. The zero-order chi connectivity index (χ0) is 21.7. The third-order valence-electron chi connectivity index (χ3n) is 6.14. The second-order valence-corrected chi connectivity index (χ2v) is 8.04. The molecule has 0 saturated heterocycles. The predicted molar refractivity (Wildman–Crippen MR) is 117 cm³/mol. The van der Waals surface area contributed by atoms with Crippen LogP contribution in [0.3, 0.4) is 0 Å². The van der Waals surface area contributed by atoms with Crippen LogP contribution in [0.15, 0.2) is 49.3 Å².